The van der Waals surface area contributed by atoms with Crippen molar-refractivity contribution in [1.29, 1.82) is 0 Å². The lowest BCUT2D eigenvalue weighted by Gasteiger charge is -2.25. The number of ether oxygens (including phenoxy) is 1. The monoisotopic (exact) mass is 258 g/mol. The zero-order chi connectivity index (χ0) is 13.6. The van der Waals surface area contributed by atoms with E-state index in [2.05, 4.69) is 54.9 Å². The van der Waals surface area contributed by atoms with Gasteiger partial charge in [0.25, 0.3) is 0 Å². The van der Waals surface area contributed by atoms with Crippen LogP contribution in [0.5, 0.6) is 5.75 Å². The van der Waals surface area contributed by atoms with Crippen molar-refractivity contribution in [2.24, 2.45) is 0 Å². The fourth-order valence-electron chi connectivity index (χ4n) is 2.99. The molecule has 1 fully saturated rings. The lowest BCUT2D eigenvalue weighted by atomic mass is 10.1. The number of aromatic nitrogens is 1. The van der Waals surface area contributed by atoms with Crippen LogP contribution in [0, 0.1) is 6.92 Å². The van der Waals surface area contributed by atoms with Crippen LogP contribution in [0.2, 0.25) is 0 Å². The lowest BCUT2D eigenvalue weighted by Crippen LogP contribution is -2.34. The third kappa shape index (κ3) is 2.02. The molecule has 0 spiro atoms. The van der Waals surface area contributed by atoms with Gasteiger partial charge in [0.05, 0.1) is 12.6 Å². The predicted molar refractivity (Wildman–Crippen MR) is 78.9 cm³/mol. The molecule has 1 aromatic heterocycles. The third-order valence-corrected chi connectivity index (χ3v) is 4.50. The number of aryl methyl sites for hydroxylation is 1. The second kappa shape index (κ2) is 4.27. The highest BCUT2D eigenvalue weighted by Crippen LogP contribution is 2.42. The molecule has 19 heavy (non-hydrogen) atoms. The van der Waals surface area contributed by atoms with Crippen molar-refractivity contribution in [3.05, 3.63) is 30.0 Å². The number of methoxy groups -OCH3 is 1. The van der Waals surface area contributed by atoms with E-state index in [0.29, 0.717) is 5.54 Å². The Morgan fingerprint density at radius 1 is 1.32 bits per heavy atom. The van der Waals surface area contributed by atoms with Gasteiger partial charge in [0.15, 0.2) is 0 Å². The second-order valence-electron chi connectivity index (χ2n) is 5.94. The van der Waals surface area contributed by atoms with E-state index in [0.717, 1.165) is 12.3 Å². The van der Waals surface area contributed by atoms with Gasteiger partial charge in [-0.2, -0.15) is 0 Å². The molecule has 102 valence electrons. The Labute approximate surface area is 114 Å². The number of benzene rings is 1. The molecule has 0 N–H and O–H groups in total. The molecule has 1 saturated carbocycles. The molecule has 0 unspecified atom stereocenters. The predicted octanol–water partition coefficient (Wildman–Crippen LogP) is 3.05. The molecule has 0 bridgehead atoms. The molecule has 0 radical (unpaired) electrons. The van der Waals surface area contributed by atoms with Crippen LogP contribution in [0.15, 0.2) is 24.4 Å². The minimum atomic E-state index is 0.373. The molecule has 0 atom stereocenters. The highest BCUT2D eigenvalue weighted by atomic mass is 16.5. The van der Waals surface area contributed by atoms with Crippen molar-refractivity contribution < 1.29 is 4.74 Å². The average Bonchev–Trinajstić information content (AvgIpc) is 3.05. The van der Waals surface area contributed by atoms with Gasteiger partial charge in [-0.15, -0.1) is 0 Å². The zero-order valence-electron chi connectivity index (χ0n) is 12.2. The van der Waals surface area contributed by atoms with Crippen molar-refractivity contribution in [3.63, 3.8) is 0 Å². The van der Waals surface area contributed by atoms with E-state index in [4.69, 9.17) is 4.74 Å². The van der Waals surface area contributed by atoms with E-state index in [-0.39, 0.29) is 0 Å². The summed E-state index contributed by atoms with van der Waals surface area (Å²) < 4.78 is 7.75. The van der Waals surface area contributed by atoms with E-state index < -0.39 is 0 Å². The van der Waals surface area contributed by atoms with Crippen LogP contribution in [-0.4, -0.2) is 36.2 Å². The first-order valence-electron chi connectivity index (χ1n) is 6.87. The van der Waals surface area contributed by atoms with Crippen LogP contribution in [-0.2, 0) is 6.54 Å². The van der Waals surface area contributed by atoms with Gasteiger partial charge in [-0.3, -0.25) is 0 Å². The van der Waals surface area contributed by atoms with Gasteiger partial charge < -0.3 is 14.2 Å². The number of nitrogens with zero attached hydrogens (tertiary/aromatic N) is 2. The van der Waals surface area contributed by atoms with Gasteiger partial charge in [-0.05, 0) is 57.6 Å². The normalized spacial score (nSPS) is 17.1. The first kappa shape index (κ1) is 12.5. The highest BCUT2D eigenvalue weighted by Gasteiger charge is 2.45. The molecule has 3 nitrogen and oxygen atoms in total. The van der Waals surface area contributed by atoms with E-state index in [1.54, 1.807) is 7.11 Å². The Balaban J connectivity index is 2.01. The summed E-state index contributed by atoms with van der Waals surface area (Å²) in [5, 5.41) is 1.27. The van der Waals surface area contributed by atoms with Gasteiger partial charge in [0.1, 0.15) is 5.75 Å². The Hall–Kier alpha value is -1.48. The van der Waals surface area contributed by atoms with Crippen LogP contribution in [0.4, 0.5) is 0 Å². The van der Waals surface area contributed by atoms with E-state index in [9.17, 15) is 0 Å². The quantitative estimate of drug-likeness (QED) is 0.838. The van der Waals surface area contributed by atoms with E-state index >= 15 is 0 Å². The molecule has 0 saturated heterocycles. The summed E-state index contributed by atoms with van der Waals surface area (Å²) in [6.07, 6.45) is 4.81. The van der Waals surface area contributed by atoms with E-state index in [1.165, 1.54) is 29.3 Å². The van der Waals surface area contributed by atoms with Crippen LogP contribution >= 0.6 is 0 Å². The third-order valence-electron chi connectivity index (χ3n) is 4.50. The summed E-state index contributed by atoms with van der Waals surface area (Å²) in [6, 6.07) is 6.43. The van der Waals surface area contributed by atoms with Crippen LogP contribution in [0.1, 0.15) is 18.4 Å². The Morgan fingerprint density at radius 3 is 2.63 bits per heavy atom. The molecule has 1 aromatic carbocycles. The summed E-state index contributed by atoms with van der Waals surface area (Å²) in [4.78, 5) is 2.37. The van der Waals surface area contributed by atoms with Crippen LogP contribution in [0.25, 0.3) is 10.9 Å². The molecular weight excluding hydrogens is 236 g/mol. The van der Waals surface area contributed by atoms with Crippen LogP contribution in [0.3, 0.4) is 0 Å². The van der Waals surface area contributed by atoms with Crippen molar-refractivity contribution >= 4 is 10.9 Å². The fourth-order valence-corrected chi connectivity index (χ4v) is 2.99. The number of hydrogen-bond donors (Lipinski definition) is 0. The SMILES string of the molecule is COc1cc(C)c2c(ccn2CC2(N(C)C)CC2)c1. The first-order chi connectivity index (χ1) is 9.05. The fraction of sp³-hybridized carbons (Fsp3) is 0.500. The number of rotatable bonds is 4. The maximum absolute atomic E-state index is 5.35. The van der Waals surface area contributed by atoms with Gasteiger partial charge >= 0.3 is 0 Å². The number of likely N-dealkylation sites (N-methyl/N-ethyl adjacent to an activating group) is 1. The van der Waals surface area contributed by atoms with Gasteiger partial charge in [0.2, 0.25) is 0 Å². The van der Waals surface area contributed by atoms with Crippen molar-refractivity contribution in [2.45, 2.75) is 31.8 Å². The molecule has 1 aliphatic carbocycles. The molecule has 1 heterocycles. The molecule has 0 aliphatic heterocycles. The molecule has 3 rings (SSSR count). The molecule has 0 amide bonds. The highest BCUT2D eigenvalue weighted by molar-refractivity contribution is 5.85. The number of hydrogen-bond acceptors (Lipinski definition) is 2. The largest absolute Gasteiger partial charge is 0.497 e. The summed E-state index contributed by atoms with van der Waals surface area (Å²) in [5.41, 5.74) is 3.00. The van der Waals surface area contributed by atoms with Crippen molar-refractivity contribution in [3.8, 4) is 5.75 Å². The summed E-state index contributed by atoms with van der Waals surface area (Å²) >= 11 is 0. The molecular formula is C16H22N2O. The van der Waals surface area contributed by atoms with Crippen molar-refractivity contribution in [1.82, 2.24) is 9.47 Å². The van der Waals surface area contributed by atoms with Gasteiger partial charge in [-0.25, -0.2) is 0 Å². The smallest absolute Gasteiger partial charge is 0.119 e. The molecule has 3 heteroatoms. The summed E-state index contributed by atoms with van der Waals surface area (Å²) in [7, 11) is 6.10. The standard InChI is InChI=1S/C16H22N2O/c1-12-9-14(19-4)10-13-5-8-18(15(12)13)11-16(6-7-16)17(2)3/h5,8-10H,6-7,11H2,1-4H3. The van der Waals surface area contributed by atoms with Crippen LogP contribution < -0.4 is 4.74 Å². The minimum absolute atomic E-state index is 0.373. The van der Waals surface area contributed by atoms with Gasteiger partial charge in [-0.1, -0.05) is 0 Å². The Kier molecular flexibility index (Phi) is 2.82. The summed E-state index contributed by atoms with van der Waals surface area (Å²) in [5.74, 6) is 0.941. The zero-order valence-corrected chi connectivity index (χ0v) is 12.2. The molecule has 1 aliphatic rings. The van der Waals surface area contributed by atoms with Crippen molar-refractivity contribution in [2.75, 3.05) is 21.2 Å². The first-order valence-corrected chi connectivity index (χ1v) is 6.87. The van der Waals surface area contributed by atoms with E-state index in [1.807, 2.05) is 0 Å². The topological polar surface area (TPSA) is 17.4 Å². The Morgan fingerprint density at radius 2 is 2.05 bits per heavy atom. The van der Waals surface area contributed by atoms with Gasteiger partial charge in [0, 0.05) is 23.7 Å². The Bertz CT molecular complexity index is 608. The minimum Gasteiger partial charge on any atom is -0.497 e. The molecule has 2 aromatic rings. The average molecular weight is 258 g/mol. The summed E-state index contributed by atoms with van der Waals surface area (Å²) in [6.45, 7) is 3.24. The lowest BCUT2D eigenvalue weighted by molar-refractivity contribution is 0.244. The maximum Gasteiger partial charge on any atom is 0.119 e. The number of fused-ring (bicyclic) bond motifs is 1. The maximum atomic E-state index is 5.35. The second-order valence-corrected chi connectivity index (χ2v) is 5.94.